The molecule has 4 heterocycles. The number of hydrogen-bond acceptors (Lipinski definition) is 5. The zero-order valence-electron chi connectivity index (χ0n) is 18.5. The predicted octanol–water partition coefficient (Wildman–Crippen LogP) is 3.82. The Hall–Kier alpha value is -3.89. The van der Waals surface area contributed by atoms with Crippen LogP contribution in [0.15, 0.2) is 41.8 Å². The SMILES string of the molecule is Cc1cn(C)c(-c2cc(OC3CN(C(=O)N4N=CC[C@H]4c4cc(F)cc(F)c4)C3)c(F)cn2)n1. The molecule has 2 aromatic heterocycles. The third-order valence-electron chi connectivity index (χ3n) is 5.75. The van der Waals surface area contributed by atoms with Gasteiger partial charge in [-0.05, 0) is 24.6 Å². The van der Waals surface area contributed by atoms with Crippen LogP contribution in [-0.4, -0.2) is 55.9 Å². The Labute approximate surface area is 193 Å². The molecule has 0 bridgehead atoms. The van der Waals surface area contributed by atoms with Crippen molar-refractivity contribution in [3.05, 3.63) is 65.4 Å². The van der Waals surface area contributed by atoms with Gasteiger partial charge in [-0.25, -0.2) is 32.9 Å². The number of amides is 2. The Balaban J connectivity index is 1.24. The maximum absolute atomic E-state index is 14.3. The highest BCUT2D eigenvalue weighted by atomic mass is 19.1. The Morgan fingerprint density at radius 2 is 1.85 bits per heavy atom. The van der Waals surface area contributed by atoms with E-state index < -0.39 is 35.6 Å². The van der Waals surface area contributed by atoms with Crippen molar-refractivity contribution in [2.75, 3.05) is 13.1 Å². The van der Waals surface area contributed by atoms with E-state index in [0.717, 1.165) is 18.0 Å². The summed E-state index contributed by atoms with van der Waals surface area (Å²) in [6.45, 7) is 2.28. The molecule has 0 N–H and O–H groups in total. The average Bonchev–Trinajstić information content (AvgIpc) is 3.37. The third kappa shape index (κ3) is 4.09. The highest BCUT2D eigenvalue weighted by Gasteiger charge is 2.39. The van der Waals surface area contributed by atoms with Crippen LogP contribution in [0.4, 0.5) is 18.0 Å². The fourth-order valence-electron chi connectivity index (χ4n) is 4.12. The zero-order valence-corrected chi connectivity index (χ0v) is 18.5. The van der Waals surface area contributed by atoms with Crippen LogP contribution in [0.5, 0.6) is 5.75 Å². The maximum atomic E-state index is 14.3. The summed E-state index contributed by atoms with van der Waals surface area (Å²) in [7, 11) is 1.82. The molecule has 176 valence electrons. The van der Waals surface area contributed by atoms with Crippen LogP contribution in [0.25, 0.3) is 11.5 Å². The first kappa shape index (κ1) is 21.9. The summed E-state index contributed by atoms with van der Waals surface area (Å²) in [6, 6.07) is 3.64. The highest BCUT2D eigenvalue weighted by molar-refractivity contribution is 5.79. The number of pyridine rings is 1. The molecule has 2 amide bonds. The maximum Gasteiger partial charge on any atom is 0.341 e. The summed E-state index contributed by atoms with van der Waals surface area (Å²) in [4.78, 5) is 22.9. The molecule has 0 aliphatic carbocycles. The van der Waals surface area contributed by atoms with Gasteiger partial charge in [0.1, 0.15) is 23.4 Å². The molecule has 3 aromatic rings. The number of halogens is 3. The first-order chi connectivity index (χ1) is 16.3. The van der Waals surface area contributed by atoms with Crippen LogP contribution in [0.3, 0.4) is 0 Å². The number of aromatic nitrogens is 3. The molecular weight excluding hydrogens is 449 g/mol. The van der Waals surface area contributed by atoms with Crippen LogP contribution < -0.4 is 4.74 Å². The van der Waals surface area contributed by atoms with Gasteiger partial charge in [0.05, 0.1) is 31.0 Å². The van der Waals surface area contributed by atoms with Gasteiger partial charge in [-0.1, -0.05) is 0 Å². The van der Waals surface area contributed by atoms with Crippen molar-refractivity contribution in [2.45, 2.75) is 25.5 Å². The van der Waals surface area contributed by atoms with Gasteiger partial charge in [-0.3, -0.25) is 0 Å². The third-order valence-corrected chi connectivity index (χ3v) is 5.75. The van der Waals surface area contributed by atoms with Crippen molar-refractivity contribution < 1.29 is 22.7 Å². The lowest BCUT2D eigenvalue weighted by Gasteiger charge is -2.41. The van der Waals surface area contributed by atoms with Gasteiger partial charge in [0.2, 0.25) is 0 Å². The molecule has 0 saturated carbocycles. The molecule has 8 nitrogen and oxygen atoms in total. The molecule has 0 unspecified atom stereocenters. The first-order valence-corrected chi connectivity index (χ1v) is 10.7. The lowest BCUT2D eigenvalue weighted by molar-refractivity contribution is 0.0256. The minimum atomic E-state index is -0.717. The molecular formula is C23H21F3N6O2. The van der Waals surface area contributed by atoms with Crippen LogP contribution in [0, 0.1) is 24.4 Å². The van der Waals surface area contributed by atoms with E-state index in [1.807, 2.05) is 20.2 Å². The quantitative estimate of drug-likeness (QED) is 0.581. The van der Waals surface area contributed by atoms with E-state index in [0.29, 0.717) is 23.5 Å². The summed E-state index contributed by atoms with van der Waals surface area (Å²) >= 11 is 0. The summed E-state index contributed by atoms with van der Waals surface area (Å²) in [6.07, 6.45) is 4.38. The van der Waals surface area contributed by atoms with Crippen molar-refractivity contribution in [3.63, 3.8) is 0 Å². The van der Waals surface area contributed by atoms with E-state index in [4.69, 9.17) is 4.74 Å². The second kappa shape index (κ2) is 8.47. The van der Waals surface area contributed by atoms with Gasteiger partial charge in [0.25, 0.3) is 0 Å². The first-order valence-electron chi connectivity index (χ1n) is 10.7. The standard InChI is InChI=1S/C23H21F3N6O2/c1-13-10-30(2)22(29-13)19-8-21(18(26)9-27-19)34-17-11-31(12-17)23(33)32-20(3-4-28-32)14-5-15(24)7-16(25)6-14/h4-10,17,20H,3,11-12H2,1-2H3/t20-/m0/s1. The van der Waals surface area contributed by atoms with Crippen LogP contribution in [0.1, 0.15) is 23.7 Å². The summed E-state index contributed by atoms with van der Waals surface area (Å²) in [5, 5.41) is 5.30. The number of hydrogen-bond donors (Lipinski definition) is 0. The number of benzene rings is 1. The Morgan fingerprint density at radius 1 is 1.12 bits per heavy atom. The van der Waals surface area contributed by atoms with E-state index in [2.05, 4.69) is 15.1 Å². The smallest absolute Gasteiger partial charge is 0.341 e. The number of imidazole rings is 1. The molecule has 1 fully saturated rings. The van der Waals surface area contributed by atoms with Gasteiger partial charge in [0, 0.05) is 38.0 Å². The van der Waals surface area contributed by atoms with Crippen LogP contribution in [-0.2, 0) is 7.05 Å². The molecule has 0 radical (unpaired) electrons. The summed E-state index contributed by atoms with van der Waals surface area (Å²) in [5.74, 6) is -1.44. The average molecular weight is 470 g/mol. The van der Waals surface area contributed by atoms with E-state index in [9.17, 15) is 18.0 Å². The molecule has 11 heteroatoms. The number of carbonyl (C=O) groups is 1. The Kier molecular flexibility index (Phi) is 5.46. The number of ether oxygens (including phenoxy) is 1. The molecule has 0 spiro atoms. The predicted molar refractivity (Wildman–Crippen MR) is 117 cm³/mol. The lowest BCUT2D eigenvalue weighted by atomic mass is 10.0. The van der Waals surface area contributed by atoms with Gasteiger partial charge in [-0.15, -0.1) is 0 Å². The lowest BCUT2D eigenvalue weighted by Crippen LogP contribution is -2.58. The minimum Gasteiger partial charge on any atom is -0.483 e. The normalized spacial score (nSPS) is 17.9. The number of aryl methyl sites for hydroxylation is 2. The number of hydrazone groups is 1. The van der Waals surface area contributed by atoms with Crippen molar-refractivity contribution in [1.82, 2.24) is 24.4 Å². The van der Waals surface area contributed by atoms with Crippen LogP contribution in [0.2, 0.25) is 0 Å². The second-order valence-electron chi connectivity index (χ2n) is 8.34. The molecule has 1 atom stereocenters. The topological polar surface area (TPSA) is 75.8 Å². The van der Waals surface area contributed by atoms with Crippen molar-refractivity contribution >= 4 is 12.2 Å². The van der Waals surface area contributed by atoms with Crippen molar-refractivity contribution in [1.29, 1.82) is 0 Å². The largest absolute Gasteiger partial charge is 0.483 e. The van der Waals surface area contributed by atoms with E-state index >= 15 is 0 Å². The van der Waals surface area contributed by atoms with Crippen LogP contribution >= 0.6 is 0 Å². The van der Waals surface area contributed by atoms with Gasteiger partial charge in [0.15, 0.2) is 17.4 Å². The van der Waals surface area contributed by atoms with Gasteiger partial charge in [-0.2, -0.15) is 5.10 Å². The van der Waals surface area contributed by atoms with E-state index in [1.165, 1.54) is 34.3 Å². The number of carbonyl (C=O) groups excluding carboxylic acids is 1. The second-order valence-corrected chi connectivity index (χ2v) is 8.34. The molecule has 5 rings (SSSR count). The number of nitrogens with zero attached hydrogens (tertiary/aromatic N) is 6. The number of rotatable bonds is 4. The zero-order chi connectivity index (χ0) is 24.0. The highest BCUT2D eigenvalue weighted by Crippen LogP contribution is 2.32. The monoisotopic (exact) mass is 470 g/mol. The van der Waals surface area contributed by atoms with E-state index in [-0.39, 0.29) is 18.8 Å². The van der Waals surface area contributed by atoms with E-state index in [1.54, 1.807) is 4.57 Å². The molecule has 1 saturated heterocycles. The van der Waals surface area contributed by atoms with Gasteiger partial charge >= 0.3 is 6.03 Å². The summed E-state index contributed by atoms with van der Waals surface area (Å²) in [5.41, 5.74) is 1.60. The van der Waals surface area contributed by atoms with Gasteiger partial charge < -0.3 is 14.2 Å². The number of urea groups is 1. The fraction of sp³-hybridized carbons (Fsp3) is 0.304. The molecule has 34 heavy (non-hydrogen) atoms. The number of likely N-dealkylation sites (tertiary alicyclic amines) is 1. The molecule has 2 aliphatic rings. The molecule has 1 aromatic carbocycles. The Morgan fingerprint density at radius 3 is 2.53 bits per heavy atom. The summed E-state index contributed by atoms with van der Waals surface area (Å²) < 4.78 is 49.2. The van der Waals surface area contributed by atoms with Crippen molar-refractivity contribution in [3.8, 4) is 17.3 Å². The fourth-order valence-corrected chi connectivity index (χ4v) is 4.12. The molecule has 2 aliphatic heterocycles. The minimum absolute atomic E-state index is 0.0232. The van der Waals surface area contributed by atoms with Crippen molar-refractivity contribution in [2.24, 2.45) is 12.1 Å². The Bertz CT molecular complexity index is 1270.